The number of hydrogen-bond acceptors (Lipinski definition) is 7. The van der Waals surface area contributed by atoms with Gasteiger partial charge in [0.05, 0.1) is 32.3 Å². The van der Waals surface area contributed by atoms with Crippen LogP contribution >= 0.6 is 0 Å². The number of benzene rings is 1. The average molecular weight is 490 g/mol. The first-order valence-electron chi connectivity index (χ1n) is 11.8. The van der Waals surface area contributed by atoms with E-state index in [4.69, 9.17) is 14.2 Å². The van der Waals surface area contributed by atoms with E-state index in [9.17, 15) is 19.2 Å². The Labute approximate surface area is 206 Å². The van der Waals surface area contributed by atoms with Gasteiger partial charge in [-0.2, -0.15) is 0 Å². The zero-order valence-corrected chi connectivity index (χ0v) is 21.1. The van der Waals surface area contributed by atoms with E-state index in [2.05, 4.69) is 0 Å². The molecule has 2 aliphatic heterocycles. The van der Waals surface area contributed by atoms with Crippen molar-refractivity contribution in [2.24, 2.45) is 5.92 Å². The third-order valence-corrected chi connectivity index (χ3v) is 5.84. The number of amides is 3. The van der Waals surface area contributed by atoms with E-state index in [-0.39, 0.29) is 30.9 Å². The molecule has 2 unspecified atom stereocenters. The summed E-state index contributed by atoms with van der Waals surface area (Å²) in [5.41, 5.74) is 0.210. The monoisotopic (exact) mass is 489 g/mol. The lowest BCUT2D eigenvalue weighted by Crippen LogP contribution is -2.52. The van der Waals surface area contributed by atoms with Crippen LogP contribution in [-0.4, -0.2) is 98.2 Å². The Morgan fingerprint density at radius 2 is 1.83 bits per heavy atom. The summed E-state index contributed by atoms with van der Waals surface area (Å²) in [4.78, 5) is 55.8. The summed E-state index contributed by atoms with van der Waals surface area (Å²) in [5, 5.41) is 0. The Hall–Kier alpha value is -2.98. The first-order chi connectivity index (χ1) is 16.5. The van der Waals surface area contributed by atoms with Crippen LogP contribution in [0.1, 0.15) is 38.1 Å². The molecule has 3 amide bonds. The fourth-order valence-corrected chi connectivity index (χ4v) is 3.95. The summed E-state index contributed by atoms with van der Waals surface area (Å²) in [6.45, 7) is 9.41. The number of rotatable bonds is 6. The quantitative estimate of drug-likeness (QED) is 0.555. The molecule has 0 aromatic heterocycles. The minimum absolute atomic E-state index is 0.0466. The standard InChI is InChI=1S/C25H35N3O7/c1-17(24(32)35-25(2,3)4)21-23(31)28(11-14-34-21)19-8-6-7-18(15-19)22(30)26(5)16-20(29)27-9-12-33-13-10-27/h6-8,15,17,21H,9-14,16H2,1-5H3. The third-order valence-electron chi connectivity index (χ3n) is 5.84. The smallest absolute Gasteiger partial charge is 0.312 e. The van der Waals surface area contributed by atoms with Crippen LogP contribution in [0.25, 0.3) is 0 Å². The van der Waals surface area contributed by atoms with Crippen LogP contribution in [0, 0.1) is 5.92 Å². The number of anilines is 1. The number of carbonyl (C=O) groups excluding carboxylic acids is 4. The van der Waals surface area contributed by atoms with Gasteiger partial charge in [0.25, 0.3) is 11.8 Å². The molecule has 192 valence electrons. The molecule has 35 heavy (non-hydrogen) atoms. The maximum Gasteiger partial charge on any atom is 0.312 e. The van der Waals surface area contributed by atoms with Gasteiger partial charge in [0.1, 0.15) is 11.7 Å². The molecule has 1 aromatic rings. The largest absolute Gasteiger partial charge is 0.460 e. The molecule has 0 spiro atoms. The van der Waals surface area contributed by atoms with Gasteiger partial charge in [-0.3, -0.25) is 19.2 Å². The van der Waals surface area contributed by atoms with Crippen LogP contribution in [0.15, 0.2) is 24.3 Å². The van der Waals surface area contributed by atoms with Gasteiger partial charge in [0, 0.05) is 37.9 Å². The number of morpholine rings is 2. The molecule has 0 radical (unpaired) electrons. The van der Waals surface area contributed by atoms with Gasteiger partial charge in [-0.05, 0) is 45.9 Å². The Kier molecular flexibility index (Phi) is 8.50. The molecule has 10 nitrogen and oxygen atoms in total. The topological polar surface area (TPSA) is 106 Å². The minimum atomic E-state index is -0.980. The van der Waals surface area contributed by atoms with E-state index in [1.807, 2.05) is 0 Å². The summed E-state index contributed by atoms with van der Waals surface area (Å²) in [7, 11) is 1.58. The zero-order valence-electron chi connectivity index (χ0n) is 21.1. The van der Waals surface area contributed by atoms with Crippen molar-refractivity contribution >= 4 is 29.4 Å². The SMILES string of the molecule is CC(C(=O)OC(C)(C)C)C1OCCN(c2cccc(C(=O)N(C)CC(=O)N3CCOCC3)c2)C1=O. The van der Waals surface area contributed by atoms with Gasteiger partial charge in [0.15, 0.2) is 0 Å². The van der Waals surface area contributed by atoms with Crippen molar-refractivity contribution < 1.29 is 33.4 Å². The summed E-state index contributed by atoms with van der Waals surface area (Å²) < 4.78 is 16.3. The second-order valence-corrected chi connectivity index (χ2v) is 9.81. The molecular weight excluding hydrogens is 454 g/mol. The van der Waals surface area contributed by atoms with Gasteiger partial charge in [-0.15, -0.1) is 0 Å². The normalized spacial score (nSPS) is 19.8. The lowest BCUT2D eigenvalue weighted by atomic mass is 10.0. The highest BCUT2D eigenvalue weighted by Crippen LogP contribution is 2.25. The van der Waals surface area contributed by atoms with E-state index >= 15 is 0 Å². The van der Waals surface area contributed by atoms with Crippen molar-refractivity contribution in [2.45, 2.75) is 39.4 Å². The van der Waals surface area contributed by atoms with Gasteiger partial charge in [-0.25, -0.2) is 0 Å². The van der Waals surface area contributed by atoms with E-state index in [0.717, 1.165) is 0 Å². The molecule has 0 N–H and O–H groups in total. The summed E-state index contributed by atoms with van der Waals surface area (Å²) in [6, 6.07) is 6.69. The highest BCUT2D eigenvalue weighted by molar-refractivity contribution is 6.02. The summed E-state index contributed by atoms with van der Waals surface area (Å²) in [5.74, 6) is -2.12. The number of esters is 1. The second-order valence-electron chi connectivity index (χ2n) is 9.81. The lowest BCUT2D eigenvalue weighted by molar-refractivity contribution is -0.168. The van der Waals surface area contributed by atoms with Crippen molar-refractivity contribution in [1.29, 1.82) is 0 Å². The van der Waals surface area contributed by atoms with Crippen LogP contribution in [-0.2, 0) is 28.6 Å². The molecule has 2 aliphatic rings. The van der Waals surface area contributed by atoms with Crippen LogP contribution in [0.5, 0.6) is 0 Å². The van der Waals surface area contributed by atoms with Crippen molar-refractivity contribution in [1.82, 2.24) is 9.80 Å². The van der Waals surface area contributed by atoms with Crippen molar-refractivity contribution in [3.05, 3.63) is 29.8 Å². The van der Waals surface area contributed by atoms with E-state index in [1.165, 1.54) is 9.80 Å². The van der Waals surface area contributed by atoms with Crippen molar-refractivity contribution in [3.63, 3.8) is 0 Å². The first kappa shape index (κ1) is 26.6. The Bertz CT molecular complexity index is 953. The molecule has 0 aliphatic carbocycles. The van der Waals surface area contributed by atoms with Crippen LogP contribution in [0.3, 0.4) is 0 Å². The fraction of sp³-hybridized carbons (Fsp3) is 0.600. The average Bonchev–Trinajstić information content (AvgIpc) is 2.82. The van der Waals surface area contributed by atoms with Crippen molar-refractivity contribution in [3.8, 4) is 0 Å². The van der Waals surface area contributed by atoms with E-state index in [0.29, 0.717) is 44.1 Å². The molecule has 0 bridgehead atoms. The predicted octanol–water partition coefficient (Wildman–Crippen LogP) is 1.33. The molecule has 0 saturated carbocycles. The molecule has 10 heteroatoms. The number of likely N-dealkylation sites (N-methyl/N-ethyl adjacent to an activating group) is 1. The lowest BCUT2D eigenvalue weighted by Gasteiger charge is -2.35. The molecular formula is C25H35N3O7. The molecule has 2 fully saturated rings. The third kappa shape index (κ3) is 6.79. The van der Waals surface area contributed by atoms with Gasteiger partial charge in [0.2, 0.25) is 5.91 Å². The highest BCUT2D eigenvalue weighted by atomic mass is 16.6. The van der Waals surface area contributed by atoms with Gasteiger partial charge < -0.3 is 28.9 Å². The van der Waals surface area contributed by atoms with Crippen LogP contribution in [0.2, 0.25) is 0 Å². The maximum atomic E-state index is 13.2. The summed E-state index contributed by atoms with van der Waals surface area (Å²) >= 11 is 0. The Balaban J connectivity index is 1.69. The first-order valence-corrected chi connectivity index (χ1v) is 11.8. The van der Waals surface area contributed by atoms with Crippen LogP contribution in [0.4, 0.5) is 5.69 Å². The molecule has 2 heterocycles. The van der Waals surface area contributed by atoms with Crippen LogP contribution < -0.4 is 4.90 Å². The van der Waals surface area contributed by atoms with Gasteiger partial charge >= 0.3 is 5.97 Å². The second kappa shape index (κ2) is 11.2. The maximum absolute atomic E-state index is 13.2. The van der Waals surface area contributed by atoms with E-state index < -0.39 is 23.6 Å². The fourth-order valence-electron chi connectivity index (χ4n) is 3.95. The molecule has 2 saturated heterocycles. The number of ether oxygens (including phenoxy) is 3. The Morgan fingerprint density at radius 3 is 2.49 bits per heavy atom. The Morgan fingerprint density at radius 1 is 1.14 bits per heavy atom. The zero-order chi connectivity index (χ0) is 25.8. The molecule has 3 rings (SSSR count). The number of nitrogens with zero attached hydrogens (tertiary/aromatic N) is 3. The minimum Gasteiger partial charge on any atom is -0.460 e. The van der Waals surface area contributed by atoms with Crippen molar-refractivity contribution in [2.75, 3.05) is 57.9 Å². The molecule has 2 atom stereocenters. The van der Waals surface area contributed by atoms with E-state index in [1.54, 1.807) is 63.9 Å². The number of carbonyl (C=O) groups is 4. The molecule has 1 aromatic carbocycles. The summed E-state index contributed by atoms with van der Waals surface area (Å²) in [6.07, 6.45) is -0.980. The number of hydrogen-bond donors (Lipinski definition) is 0. The highest BCUT2D eigenvalue weighted by Gasteiger charge is 2.39. The predicted molar refractivity (Wildman–Crippen MR) is 128 cm³/mol. The van der Waals surface area contributed by atoms with Gasteiger partial charge in [-0.1, -0.05) is 6.07 Å².